The number of benzene rings is 1. The Bertz CT molecular complexity index is 495. The van der Waals surface area contributed by atoms with Crippen LogP contribution in [0.3, 0.4) is 0 Å². The van der Waals surface area contributed by atoms with Crippen molar-refractivity contribution in [3.63, 3.8) is 0 Å². The second kappa shape index (κ2) is 6.78. The third-order valence-electron chi connectivity index (χ3n) is 4.07. The standard InChI is InChI=1S/C15H23N3O3/c1-2-11(10-16)17-5-7-18(8-6-17)15(21)13-9-12(19)3-4-14(13)20/h3-4,9,11,19-20H,2,5-8,10,16H2,1H3. The van der Waals surface area contributed by atoms with Gasteiger partial charge in [-0.15, -0.1) is 0 Å². The van der Waals surface area contributed by atoms with Crippen LogP contribution in [-0.2, 0) is 0 Å². The molecule has 1 aliphatic rings. The molecule has 1 heterocycles. The second-order valence-corrected chi connectivity index (χ2v) is 5.33. The zero-order valence-electron chi connectivity index (χ0n) is 12.3. The summed E-state index contributed by atoms with van der Waals surface area (Å²) >= 11 is 0. The summed E-state index contributed by atoms with van der Waals surface area (Å²) < 4.78 is 0. The molecule has 1 aliphatic heterocycles. The number of aromatic hydroxyl groups is 2. The van der Waals surface area contributed by atoms with Crippen LogP contribution < -0.4 is 5.73 Å². The predicted molar refractivity (Wildman–Crippen MR) is 80.4 cm³/mol. The minimum atomic E-state index is -0.246. The van der Waals surface area contributed by atoms with Crippen molar-refractivity contribution < 1.29 is 15.0 Å². The van der Waals surface area contributed by atoms with Gasteiger partial charge in [0.25, 0.3) is 5.91 Å². The van der Waals surface area contributed by atoms with Crippen LogP contribution in [0, 0.1) is 0 Å². The number of phenolic OH excluding ortho intramolecular Hbond substituents is 2. The lowest BCUT2D eigenvalue weighted by Crippen LogP contribution is -2.53. The molecule has 1 saturated heterocycles. The fourth-order valence-corrected chi connectivity index (χ4v) is 2.73. The van der Waals surface area contributed by atoms with Crippen molar-refractivity contribution >= 4 is 5.91 Å². The van der Waals surface area contributed by atoms with Gasteiger partial charge in [0.1, 0.15) is 11.5 Å². The SMILES string of the molecule is CCC(CN)N1CCN(C(=O)c2cc(O)ccc2O)CC1. The van der Waals surface area contributed by atoms with E-state index in [0.717, 1.165) is 19.5 Å². The van der Waals surface area contributed by atoms with Crippen LogP contribution in [0.15, 0.2) is 18.2 Å². The van der Waals surface area contributed by atoms with Gasteiger partial charge < -0.3 is 20.8 Å². The third-order valence-corrected chi connectivity index (χ3v) is 4.07. The van der Waals surface area contributed by atoms with E-state index in [-0.39, 0.29) is 23.0 Å². The van der Waals surface area contributed by atoms with Gasteiger partial charge in [0.15, 0.2) is 0 Å². The molecule has 21 heavy (non-hydrogen) atoms. The van der Waals surface area contributed by atoms with Crippen LogP contribution in [0.2, 0.25) is 0 Å². The molecule has 1 fully saturated rings. The van der Waals surface area contributed by atoms with E-state index in [1.807, 2.05) is 0 Å². The van der Waals surface area contributed by atoms with Gasteiger partial charge in [0.05, 0.1) is 5.56 Å². The second-order valence-electron chi connectivity index (χ2n) is 5.33. The van der Waals surface area contributed by atoms with Crippen molar-refractivity contribution in [2.24, 2.45) is 5.73 Å². The monoisotopic (exact) mass is 293 g/mol. The molecule has 0 saturated carbocycles. The maximum atomic E-state index is 12.4. The number of nitrogens with zero attached hydrogens (tertiary/aromatic N) is 2. The molecule has 1 aromatic rings. The van der Waals surface area contributed by atoms with E-state index >= 15 is 0 Å². The number of nitrogens with two attached hydrogens (primary N) is 1. The first kappa shape index (κ1) is 15.6. The van der Waals surface area contributed by atoms with E-state index in [0.29, 0.717) is 25.7 Å². The molecule has 6 nitrogen and oxygen atoms in total. The first-order valence-electron chi connectivity index (χ1n) is 7.32. The number of carbonyl (C=O) groups excluding carboxylic acids is 1. The number of carbonyl (C=O) groups is 1. The molecule has 6 heteroatoms. The van der Waals surface area contributed by atoms with Crippen molar-refractivity contribution in [3.05, 3.63) is 23.8 Å². The number of hydrogen-bond donors (Lipinski definition) is 3. The average molecular weight is 293 g/mol. The predicted octanol–water partition coefficient (Wildman–Crippen LogP) is 0.593. The van der Waals surface area contributed by atoms with E-state index in [9.17, 15) is 15.0 Å². The maximum absolute atomic E-state index is 12.4. The van der Waals surface area contributed by atoms with Crippen molar-refractivity contribution in [3.8, 4) is 11.5 Å². The lowest BCUT2D eigenvalue weighted by molar-refractivity contribution is 0.0568. The van der Waals surface area contributed by atoms with Crippen LogP contribution in [-0.4, -0.2) is 64.7 Å². The van der Waals surface area contributed by atoms with Crippen molar-refractivity contribution in [2.45, 2.75) is 19.4 Å². The fourth-order valence-electron chi connectivity index (χ4n) is 2.73. The van der Waals surface area contributed by atoms with E-state index < -0.39 is 0 Å². The molecule has 0 aromatic heterocycles. The number of rotatable bonds is 4. The highest BCUT2D eigenvalue weighted by Gasteiger charge is 2.26. The molecule has 4 N–H and O–H groups in total. The molecule has 1 aromatic carbocycles. The van der Waals surface area contributed by atoms with Crippen molar-refractivity contribution in [1.29, 1.82) is 0 Å². The lowest BCUT2D eigenvalue weighted by atomic mass is 10.1. The molecule has 2 rings (SSSR count). The van der Waals surface area contributed by atoms with Gasteiger partial charge in [-0.1, -0.05) is 6.92 Å². The van der Waals surface area contributed by atoms with E-state index in [1.54, 1.807) is 4.90 Å². The average Bonchev–Trinajstić information content (AvgIpc) is 2.51. The topological polar surface area (TPSA) is 90.0 Å². The summed E-state index contributed by atoms with van der Waals surface area (Å²) in [7, 11) is 0. The van der Waals surface area contributed by atoms with Gasteiger partial charge in [-0.25, -0.2) is 0 Å². The molecule has 116 valence electrons. The van der Waals surface area contributed by atoms with Crippen LogP contribution in [0.1, 0.15) is 23.7 Å². The summed E-state index contributed by atoms with van der Waals surface area (Å²) in [6.07, 6.45) is 0.998. The third kappa shape index (κ3) is 3.46. The molecule has 0 spiro atoms. The molecule has 0 aliphatic carbocycles. The maximum Gasteiger partial charge on any atom is 0.257 e. The van der Waals surface area contributed by atoms with E-state index in [4.69, 9.17) is 5.73 Å². The Labute approximate surface area is 124 Å². The Hall–Kier alpha value is -1.79. The molecule has 1 atom stereocenters. The number of hydrogen-bond acceptors (Lipinski definition) is 5. The molecular formula is C15H23N3O3. The van der Waals surface area contributed by atoms with Crippen molar-refractivity contribution in [1.82, 2.24) is 9.80 Å². The largest absolute Gasteiger partial charge is 0.508 e. The van der Waals surface area contributed by atoms with E-state index in [2.05, 4.69) is 11.8 Å². The van der Waals surface area contributed by atoms with Gasteiger partial charge in [0.2, 0.25) is 0 Å². The van der Waals surface area contributed by atoms with Gasteiger partial charge in [-0.3, -0.25) is 9.69 Å². The quantitative estimate of drug-likeness (QED) is 0.707. The van der Waals surface area contributed by atoms with Crippen LogP contribution in [0.25, 0.3) is 0 Å². The molecule has 1 unspecified atom stereocenters. The number of amides is 1. The summed E-state index contributed by atoms with van der Waals surface area (Å²) in [6.45, 7) is 5.49. The van der Waals surface area contributed by atoms with Gasteiger partial charge >= 0.3 is 0 Å². The summed E-state index contributed by atoms with van der Waals surface area (Å²) in [4.78, 5) is 16.4. The van der Waals surface area contributed by atoms with Crippen molar-refractivity contribution in [2.75, 3.05) is 32.7 Å². The van der Waals surface area contributed by atoms with E-state index in [1.165, 1.54) is 18.2 Å². The zero-order chi connectivity index (χ0) is 15.4. The first-order chi connectivity index (χ1) is 10.1. The summed E-state index contributed by atoms with van der Waals surface area (Å²) in [5, 5.41) is 19.2. The Balaban J connectivity index is 2.02. The lowest BCUT2D eigenvalue weighted by Gasteiger charge is -2.38. The molecule has 0 bridgehead atoms. The van der Waals surface area contributed by atoms with Gasteiger partial charge in [-0.2, -0.15) is 0 Å². The highest BCUT2D eigenvalue weighted by atomic mass is 16.3. The summed E-state index contributed by atoms with van der Waals surface area (Å²) in [6, 6.07) is 4.35. The summed E-state index contributed by atoms with van der Waals surface area (Å²) in [5.74, 6) is -0.374. The molecule has 0 radical (unpaired) electrons. The normalized spacial score (nSPS) is 17.7. The first-order valence-corrected chi connectivity index (χ1v) is 7.32. The van der Waals surface area contributed by atoms with Crippen LogP contribution in [0.4, 0.5) is 0 Å². The minimum absolute atomic E-state index is 0.0241. The zero-order valence-corrected chi connectivity index (χ0v) is 12.3. The molecule has 1 amide bonds. The fraction of sp³-hybridized carbons (Fsp3) is 0.533. The van der Waals surface area contributed by atoms with Gasteiger partial charge in [0, 0.05) is 38.8 Å². The minimum Gasteiger partial charge on any atom is -0.508 e. The number of piperazine rings is 1. The van der Waals surface area contributed by atoms with Crippen LogP contribution in [0.5, 0.6) is 11.5 Å². The Morgan fingerprint density at radius 1 is 1.29 bits per heavy atom. The van der Waals surface area contributed by atoms with Crippen LogP contribution >= 0.6 is 0 Å². The smallest absolute Gasteiger partial charge is 0.257 e. The summed E-state index contributed by atoms with van der Waals surface area (Å²) in [5.41, 5.74) is 5.90. The Kier molecular flexibility index (Phi) is 5.03. The Morgan fingerprint density at radius 2 is 1.95 bits per heavy atom. The molecular weight excluding hydrogens is 270 g/mol. The highest BCUT2D eigenvalue weighted by molar-refractivity contribution is 5.97. The number of phenols is 2. The highest BCUT2D eigenvalue weighted by Crippen LogP contribution is 2.24. The van der Waals surface area contributed by atoms with Gasteiger partial charge in [-0.05, 0) is 24.6 Å². The Morgan fingerprint density at radius 3 is 2.52 bits per heavy atom.